The Morgan fingerprint density at radius 1 is 1.19 bits per heavy atom. The van der Waals surface area contributed by atoms with Crippen molar-refractivity contribution >= 4 is 17.6 Å². The summed E-state index contributed by atoms with van der Waals surface area (Å²) in [5, 5.41) is 0. The van der Waals surface area contributed by atoms with Gasteiger partial charge in [0.25, 0.3) is 0 Å². The van der Waals surface area contributed by atoms with E-state index in [2.05, 4.69) is 49.1 Å². The number of benzene rings is 2. The van der Waals surface area contributed by atoms with E-state index in [4.69, 9.17) is 9.47 Å². The molecule has 3 aliphatic rings. The summed E-state index contributed by atoms with van der Waals surface area (Å²) in [5.74, 6) is 1.88. The normalized spacial score (nSPS) is 19.1. The second-order valence-corrected chi connectivity index (χ2v) is 7.77. The minimum atomic E-state index is 0.0935. The van der Waals surface area contributed by atoms with E-state index < -0.39 is 0 Å². The Kier molecular flexibility index (Phi) is 3.58. The lowest BCUT2D eigenvalue weighted by molar-refractivity contribution is -0.118. The van der Waals surface area contributed by atoms with Gasteiger partial charge in [-0.15, -0.1) is 0 Å². The second-order valence-electron chi connectivity index (χ2n) is 7.77. The molecule has 1 atom stereocenters. The lowest BCUT2D eigenvalue weighted by Gasteiger charge is -2.43. The molecule has 4 nitrogen and oxygen atoms in total. The molecule has 3 aliphatic heterocycles. The number of fused-ring (bicyclic) bond motifs is 5. The SMILES string of the molecule is CC(=O)CC1c2c(ccc(C)c2C)C=C2c3cc4c(cc3CCN21)OCO4. The number of carbonyl (C=O) groups excluding carboxylic acids is 1. The summed E-state index contributed by atoms with van der Waals surface area (Å²) in [6, 6.07) is 8.68. The number of ketones is 1. The fourth-order valence-corrected chi connectivity index (χ4v) is 4.64. The van der Waals surface area contributed by atoms with Crippen LogP contribution in [0.25, 0.3) is 11.8 Å². The van der Waals surface area contributed by atoms with Crippen molar-refractivity contribution in [1.29, 1.82) is 0 Å². The third-order valence-corrected chi connectivity index (χ3v) is 6.11. The molecule has 2 aromatic carbocycles. The van der Waals surface area contributed by atoms with Crippen LogP contribution in [0.15, 0.2) is 24.3 Å². The molecular weight excluding hydrogens is 338 g/mol. The largest absolute Gasteiger partial charge is 0.454 e. The number of aryl methyl sites for hydroxylation is 1. The first-order valence-electron chi connectivity index (χ1n) is 9.53. The number of ether oxygens (including phenoxy) is 2. The molecule has 2 aromatic rings. The average Bonchev–Trinajstić information content (AvgIpc) is 3.09. The lowest BCUT2D eigenvalue weighted by atomic mass is 9.82. The summed E-state index contributed by atoms with van der Waals surface area (Å²) in [4.78, 5) is 14.5. The molecule has 0 saturated carbocycles. The van der Waals surface area contributed by atoms with E-state index >= 15 is 0 Å². The van der Waals surface area contributed by atoms with Crippen molar-refractivity contribution < 1.29 is 14.3 Å². The van der Waals surface area contributed by atoms with Gasteiger partial charge in [0.1, 0.15) is 5.78 Å². The van der Waals surface area contributed by atoms with Gasteiger partial charge in [-0.2, -0.15) is 0 Å². The summed E-state index contributed by atoms with van der Waals surface area (Å²) in [5.41, 5.74) is 8.78. The van der Waals surface area contributed by atoms with Crippen LogP contribution in [0.3, 0.4) is 0 Å². The fourth-order valence-electron chi connectivity index (χ4n) is 4.64. The zero-order valence-corrected chi connectivity index (χ0v) is 16.0. The van der Waals surface area contributed by atoms with E-state index in [1.165, 1.54) is 39.1 Å². The van der Waals surface area contributed by atoms with Crippen molar-refractivity contribution in [2.24, 2.45) is 0 Å². The molecule has 1 unspecified atom stereocenters. The molecule has 4 heteroatoms. The third kappa shape index (κ3) is 2.47. The van der Waals surface area contributed by atoms with Crippen molar-refractivity contribution in [2.45, 2.75) is 39.7 Å². The standard InChI is InChI=1S/C23H23NO3/c1-13-4-5-17-9-19-18-11-22-21(26-12-27-22)10-16(18)6-7-24(19)20(8-14(2)25)23(17)15(13)3/h4-5,9-11,20H,6-8,12H2,1-3H3. The van der Waals surface area contributed by atoms with E-state index in [0.717, 1.165) is 24.5 Å². The van der Waals surface area contributed by atoms with Gasteiger partial charge in [0.15, 0.2) is 11.5 Å². The molecule has 5 rings (SSSR count). The van der Waals surface area contributed by atoms with Gasteiger partial charge in [-0.1, -0.05) is 12.1 Å². The number of rotatable bonds is 2. The highest BCUT2D eigenvalue weighted by Gasteiger charge is 2.35. The maximum absolute atomic E-state index is 12.1. The molecule has 0 bridgehead atoms. The Balaban J connectivity index is 1.71. The lowest BCUT2D eigenvalue weighted by Crippen LogP contribution is -2.37. The van der Waals surface area contributed by atoms with E-state index in [-0.39, 0.29) is 18.6 Å². The number of Topliss-reactive ketones (excluding diaryl/α,β-unsaturated/α-hetero) is 1. The summed E-state index contributed by atoms with van der Waals surface area (Å²) in [7, 11) is 0. The molecule has 0 radical (unpaired) electrons. The van der Waals surface area contributed by atoms with Gasteiger partial charge in [0, 0.05) is 24.2 Å². The third-order valence-electron chi connectivity index (χ3n) is 6.11. The predicted molar refractivity (Wildman–Crippen MR) is 105 cm³/mol. The smallest absolute Gasteiger partial charge is 0.231 e. The van der Waals surface area contributed by atoms with E-state index in [1.807, 2.05) is 0 Å². The maximum atomic E-state index is 12.1. The van der Waals surface area contributed by atoms with Crippen molar-refractivity contribution in [1.82, 2.24) is 4.90 Å². The van der Waals surface area contributed by atoms with E-state index in [0.29, 0.717) is 6.42 Å². The molecule has 0 fully saturated rings. The van der Waals surface area contributed by atoms with Gasteiger partial charge in [0.2, 0.25) is 6.79 Å². The highest BCUT2D eigenvalue weighted by Crippen LogP contribution is 2.47. The van der Waals surface area contributed by atoms with Crippen LogP contribution < -0.4 is 9.47 Å². The van der Waals surface area contributed by atoms with Gasteiger partial charge >= 0.3 is 0 Å². The zero-order chi connectivity index (χ0) is 18.7. The molecule has 0 aromatic heterocycles. The molecule has 0 aliphatic carbocycles. The molecule has 0 spiro atoms. The molecule has 3 heterocycles. The quantitative estimate of drug-likeness (QED) is 0.794. The van der Waals surface area contributed by atoms with Crippen LogP contribution >= 0.6 is 0 Å². The van der Waals surface area contributed by atoms with Crippen LogP contribution in [-0.4, -0.2) is 24.0 Å². The minimum Gasteiger partial charge on any atom is -0.454 e. The van der Waals surface area contributed by atoms with Crippen molar-refractivity contribution in [3.05, 3.63) is 57.6 Å². The summed E-state index contributed by atoms with van der Waals surface area (Å²) < 4.78 is 11.2. The van der Waals surface area contributed by atoms with Gasteiger partial charge in [0.05, 0.1) is 6.04 Å². The van der Waals surface area contributed by atoms with Gasteiger partial charge in [-0.05, 0) is 73.2 Å². The summed E-state index contributed by atoms with van der Waals surface area (Å²) >= 11 is 0. The number of hydrogen-bond acceptors (Lipinski definition) is 4. The average molecular weight is 361 g/mol. The van der Waals surface area contributed by atoms with Crippen LogP contribution in [0.1, 0.15) is 52.8 Å². The van der Waals surface area contributed by atoms with Crippen LogP contribution in [0.2, 0.25) is 0 Å². The van der Waals surface area contributed by atoms with E-state index in [1.54, 1.807) is 6.92 Å². The maximum Gasteiger partial charge on any atom is 0.231 e. The van der Waals surface area contributed by atoms with E-state index in [9.17, 15) is 4.79 Å². The Hall–Kier alpha value is -2.75. The van der Waals surface area contributed by atoms with Gasteiger partial charge < -0.3 is 14.4 Å². The summed E-state index contributed by atoms with van der Waals surface area (Å²) in [6.07, 6.45) is 3.75. The Morgan fingerprint density at radius 2 is 1.96 bits per heavy atom. The number of nitrogens with zero attached hydrogens (tertiary/aromatic N) is 1. The Labute approximate surface area is 159 Å². The van der Waals surface area contributed by atoms with Gasteiger partial charge in [-0.25, -0.2) is 0 Å². The predicted octanol–water partition coefficient (Wildman–Crippen LogP) is 4.42. The molecule has 27 heavy (non-hydrogen) atoms. The minimum absolute atomic E-state index is 0.0935. The molecular formula is C23H23NO3. The summed E-state index contributed by atoms with van der Waals surface area (Å²) in [6.45, 7) is 7.21. The van der Waals surface area contributed by atoms with Crippen LogP contribution in [0, 0.1) is 13.8 Å². The fraction of sp³-hybridized carbons (Fsp3) is 0.348. The van der Waals surface area contributed by atoms with Crippen LogP contribution in [0.4, 0.5) is 0 Å². The highest BCUT2D eigenvalue weighted by atomic mass is 16.7. The first-order chi connectivity index (χ1) is 13.0. The monoisotopic (exact) mass is 361 g/mol. The highest BCUT2D eigenvalue weighted by molar-refractivity contribution is 5.88. The first kappa shape index (κ1) is 16.4. The molecule has 0 amide bonds. The Bertz CT molecular complexity index is 1010. The second kappa shape index (κ2) is 5.88. The van der Waals surface area contributed by atoms with Crippen molar-refractivity contribution in [3.8, 4) is 11.5 Å². The van der Waals surface area contributed by atoms with Crippen LogP contribution in [-0.2, 0) is 11.2 Å². The Morgan fingerprint density at radius 3 is 2.74 bits per heavy atom. The number of hydrogen-bond donors (Lipinski definition) is 0. The molecule has 0 saturated heterocycles. The molecule has 0 N–H and O–H groups in total. The number of carbonyl (C=O) groups is 1. The zero-order valence-electron chi connectivity index (χ0n) is 16.0. The van der Waals surface area contributed by atoms with Crippen LogP contribution in [0.5, 0.6) is 11.5 Å². The van der Waals surface area contributed by atoms with Gasteiger partial charge in [-0.3, -0.25) is 4.79 Å². The first-order valence-corrected chi connectivity index (χ1v) is 9.53. The van der Waals surface area contributed by atoms with Crippen molar-refractivity contribution in [2.75, 3.05) is 13.3 Å². The topological polar surface area (TPSA) is 38.8 Å². The molecule has 138 valence electrons. The van der Waals surface area contributed by atoms with Crippen molar-refractivity contribution in [3.63, 3.8) is 0 Å².